The zero-order valence-electron chi connectivity index (χ0n) is 11.7. The number of carbonyl (C=O) groups excluding carboxylic acids is 1. The molecule has 0 saturated carbocycles. The van der Waals surface area contributed by atoms with E-state index < -0.39 is 27.2 Å². The summed E-state index contributed by atoms with van der Waals surface area (Å²) in [6.07, 6.45) is 0. The van der Waals surface area contributed by atoms with Gasteiger partial charge in [0.05, 0.1) is 20.4 Å². The van der Waals surface area contributed by atoms with Crippen LogP contribution in [0.2, 0.25) is 5.02 Å². The molecule has 118 valence electrons. The minimum Gasteiger partial charge on any atom is -0.421 e. The van der Waals surface area contributed by atoms with E-state index in [1.54, 1.807) is 12.1 Å². The first-order chi connectivity index (χ1) is 10.8. The number of nitro benzene ring substituents is 2. The lowest BCUT2D eigenvalue weighted by Gasteiger charge is -2.07. The molecular weight excluding hydrogens is 328 g/mol. The second-order valence-corrected chi connectivity index (χ2v) is 4.88. The van der Waals surface area contributed by atoms with Crippen LogP contribution in [0.3, 0.4) is 0 Å². The van der Waals surface area contributed by atoms with E-state index in [9.17, 15) is 25.0 Å². The average Bonchev–Trinajstić information content (AvgIpc) is 2.49. The smallest absolute Gasteiger partial charge is 0.344 e. The number of esters is 1. The summed E-state index contributed by atoms with van der Waals surface area (Å²) in [5, 5.41) is 22.2. The fraction of sp³-hybridized carbons (Fsp3) is 0.0714. The Morgan fingerprint density at radius 1 is 1.09 bits per heavy atom. The quantitative estimate of drug-likeness (QED) is 0.364. The highest BCUT2D eigenvalue weighted by molar-refractivity contribution is 6.32. The summed E-state index contributed by atoms with van der Waals surface area (Å²) in [4.78, 5) is 32.5. The molecule has 0 aliphatic heterocycles. The molecular formula is C14H9ClN2O6. The third-order valence-corrected chi connectivity index (χ3v) is 3.33. The normalized spacial score (nSPS) is 10.2. The molecule has 0 atom stereocenters. The lowest BCUT2D eigenvalue weighted by Crippen LogP contribution is -2.11. The van der Waals surface area contributed by atoms with Crippen molar-refractivity contribution in [3.05, 3.63) is 72.8 Å². The Bertz CT molecular complexity index is 786. The molecule has 2 aromatic carbocycles. The van der Waals surface area contributed by atoms with Gasteiger partial charge in [-0.3, -0.25) is 20.2 Å². The molecule has 0 spiro atoms. The second kappa shape index (κ2) is 6.41. The Morgan fingerprint density at radius 3 is 2.09 bits per heavy atom. The van der Waals surface area contributed by atoms with Crippen LogP contribution in [0.15, 0.2) is 36.4 Å². The number of carbonyl (C=O) groups is 1. The van der Waals surface area contributed by atoms with Crippen LogP contribution in [0.25, 0.3) is 0 Å². The summed E-state index contributed by atoms with van der Waals surface area (Å²) in [6, 6.07) is 7.99. The molecule has 0 heterocycles. The highest BCUT2D eigenvalue weighted by atomic mass is 35.5. The van der Waals surface area contributed by atoms with Crippen molar-refractivity contribution >= 4 is 28.9 Å². The van der Waals surface area contributed by atoms with Gasteiger partial charge in [0.1, 0.15) is 11.3 Å². The molecule has 0 bridgehead atoms. The van der Waals surface area contributed by atoms with E-state index in [0.717, 1.165) is 12.1 Å². The number of para-hydroxylation sites is 1. The van der Waals surface area contributed by atoms with Crippen LogP contribution in [-0.2, 0) is 0 Å². The van der Waals surface area contributed by atoms with E-state index in [1.165, 1.54) is 19.1 Å². The molecule has 9 heteroatoms. The third kappa shape index (κ3) is 3.43. The zero-order chi connectivity index (χ0) is 17.1. The number of nitrogens with zero attached hydrogens (tertiary/aromatic N) is 2. The summed E-state index contributed by atoms with van der Waals surface area (Å²) in [6.45, 7) is 1.24. The highest BCUT2D eigenvalue weighted by Crippen LogP contribution is 2.30. The number of nitro groups is 2. The van der Waals surface area contributed by atoms with Gasteiger partial charge in [-0.05, 0) is 19.1 Å². The third-order valence-electron chi connectivity index (χ3n) is 3.02. The van der Waals surface area contributed by atoms with E-state index in [-0.39, 0.29) is 21.9 Å². The maximum absolute atomic E-state index is 12.1. The van der Waals surface area contributed by atoms with Crippen molar-refractivity contribution in [3.63, 3.8) is 0 Å². The number of benzene rings is 2. The van der Waals surface area contributed by atoms with E-state index in [2.05, 4.69) is 0 Å². The van der Waals surface area contributed by atoms with Gasteiger partial charge in [0.2, 0.25) is 0 Å². The van der Waals surface area contributed by atoms with Crippen LogP contribution in [0.1, 0.15) is 15.9 Å². The first-order valence-electron chi connectivity index (χ1n) is 6.21. The molecule has 0 saturated heterocycles. The van der Waals surface area contributed by atoms with Crippen molar-refractivity contribution in [2.75, 3.05) is 0 Å². The van der Waals surface area contributed by atoms with Crippen molar-refractivity contribution < 1.29 is 19.4 Å². The number of halogens is 1. The number of hydrogen-bond donors (Lipinski definition) is 0. The summed E-state index contributed by atoms with van der Waals surface area (Å²) in [7, 11) is 0. The largest absolute Gasteiger partial charge is 0.421 e. The molecule has 0 aromatic heterocycles. The number of hydrogen-bond acceptors (Lipinski definition) is 6. The maximum Gasteiger partial charge on any atom is 0.344 e. The van der Waals surface area contributed by atoms with E-state index in [1.807, 2.05) is 0 Å². The summed E-state index contributed by atoms with van der Waals surface area (Å²) >= 11 is 5.85. The topological polar surface area (TPSA) is 113 Å². The Hall–Kier alpha value is -3.00. The van der Waals surface area contributed by atoms with Gasteiger partial charge in [-0.15, -0.1) is 0 Å². The second-order valence-electron chi connectivity index (χ2n) is 4.47. The molecule has 0 N–H and O–H groups in total. The predicted octanol–water partition coefficient (Wildman–Crippen LogP) is 3.68. The van der Waals surface area contributed by atoms with E-state index in [0.29, 0.717) is 0 Å². The van der Waals surface area contributed by atoms with Gasteiger partial charge in [-0.25, -0.2) is 4.79 Å². The van der Waals surface area contributed by atoms with Gasteiger partial charge in [0, 0.05) is 12.1 Å². The van der Waals surface area contributed by atoms with E-state index >= 15 is 0 Å². The molecule has 2 rings (SSSR count). The van der Waals surface area contributed by atoms with Gasteiger partial charge >= 0.3 is 5.97 Å². The Labute approximate surface area is 134 Å². The zero-order valence-corrected chi connectivity index (χ0v) is 12.4. The van der Waals surface area contributed by atoms with Gasteiger partial charge in [0.15, 0.2) is 0 Å². The first-order valence-corrected chi connectivity index (χ1v) is 6.59. The molecule has 0 fully saturated rings. The van der Waals surface area contributed by atoms with Gasteiger partial charge < -0.3 is 4.74 Å². The van der Waals surface area contributed by atoms with Crippen LogP contribution in [-0.4, -0.2) is 15.8 Å². The molecule has 0 aliphatic carbocycles. The summed E-state index contributed by atoms with van der Waals surface area (Å²) in [5.41, 5.74) is -1.53. The first kappa shape index (κ1) is 16.4. The van der Waals surface area contributed by atoms with Gasteiger partial charge in [0.25, 0.3) is 11.4 Å². The van der Waals surface area contributed by atoms with Crippen molar-refractivity contribution in [3.8, 4) is 5.75 Å². The van der Waals surface area contributed by atoms with Gasteiger partial charge in [-0.2, -0.15) is 0 Å². The molecule has 0 amide bonds. The number of rotatable bonds is 4. The lowest BCUT2D eigenvalue weighted by molar-refractivity contribution is -0.395. The van der Waals surface area contributed by atoms with Crippen LogP contribution >= 0.6 is 11.6 Å². The minimum absolute atomic E-state index is 0.0463. The molecule has 0 radical (unpaired) electrons. The van der Waals surface area contributed by atoms with Crippen molar-refractivity contribution in [2.45, 2.75) is 6.92 Å². The van der Waals surface area contributed by atoms with Crippen LogP contribution in [0.4, 0.5) is 11.4 Å². The fourth-order valence-electron chi connectivity index (χ4n) is 1.87. The van der Waals surface area contributed by atoms with Crippen molar-refractivity contribution in [1.29, 1.82) is 0 Å². The van der Waals surface area contributed by atoms with Crippen LogP contribution in [0.5, 0.6) is 5.75 Å². The SMILES string of the molecule is Cc1c([N+](=O)[O-])cc(C(=O)Oc2ccccc2Cl)cc1[N+](=O)[O-]. The summed E-state index contributed by atoms with van der Waals surface area (Å²) < 4.78 is 5.02. The Morgan fingerprint density at radius 2 is 1.61 bits per heavy atom. The Balaban J connectivity index is 2.46. The standard InChI is InChI=1S/C14H9ClN2O6/c1-8-11(16(19)20)6-9(7-12(8)17(21)22)14(18)23-13-5-3-2-4-10(13)15/h2-7H,1H3. The maximum atomic E-state index is 12.1. The fourth-order valence-corrected chi connectivity index (χ4v) is 2.04. The molecule has 8 nitrogen and oxygen atoms in total. The van der Waals surface area contributed by atoms with E-state index in [4.69, 9.17) is 16.3 Å². The molecule has 0 aliphatic rings. The lowest BCUT2D eigenvalue weighted by atomic mass is 10.1. The average molecular weight is 337 g/mol. The van der Waals surface area contributed by atoms with Crippen LogP contribution in [0, 0.1) is 27.2 Å². The highest BCUT2D eigenvalue weighted by Gasteiger charge is 2.26. The van der Waals surface area contributed by atoms with Crippen molar-refractivity contribution in [2.24, 2.45) is 0 Å². The summed E-state index contributed by atoms with van der Waals surface area (Å²) in [5.74, 6) is -0.936. The van der Waals surface area contributed by atoms with Gasteiger partial charge in [-0.1, -0.05) is 23.7 Å². The van der Waals surface area contributed by atoms with Crippen molar-refractivity contribution in [1.82, 2.24) is 0 Å². The monoisotopic (exact) mass is 336 g/mol. The predicted molar refractivity (Wildman–Crippen MR) is 80.9 cm³/mol. The Kier molecular flexibility index (Phi) is 4.56. The number of ether oxygens (including phenoxy) is 1. The van der Waals surface area contributed by atoms with Crippen LogP contribution < -0.4 is 4.74 Å². The molecule has 23 heavy (non-hydrogen) atoms. The minimum atomic E-state index is -0.982. The molecule has 2 aromatic rings. The molecule has 0 unspecified atom stereocenters.